The Balaban J connectivity index is 1.77. The Bertz CT molecular complexity index is 663. The number of hydrogen-bond acceptors (Lipinski definition) is 4. The van der Waals surface area contributed by atoms with Gasteiger partial charge in [-0.05, 0) is 44.1 Å². The number of terminal acetylenes is 1. The second kappa shape index (κ2) is 10.4. The lowest BCUT2D eigenvalue weighted by atomic mass is 10.1. The van der Waals surface area contributed by atoms with E-state index in [1.165, 1.54) is 0 Å². The molecule has 132 valence electrons. The summed E-state index contributed by atoms with van der Waals surface area (Å²) in [5, 5.41) is 6.05. The fraction of sp³-hybridized carbons (Fsp3) is 0.450. The number of ether oxygens (including phenoxy) is 1. The SMILES string of the molecule is C#CC[C@H](N)C(=O)NCCC#Cc1cccc(OC2CCNCC2)c1. The summed E-state index contributed by atoms with van der Waals surface area (Å²) in [5.41, 5.74) is 6.52. The average molecular weight is 339 g/mol. The molecule has 0 aliphatic carbocycles. The third-order valence-electron chi connectivity index (χ3n) is 3.88. The molecule has 0 bridgehead atoms. The van der Waals surface area contributed by atoms with Crippen molar-refractivity contribution in [2.45, 2.75) is 37.8 Å². The average Bonchev–Trinajstić information content (AvgIpc) is 2.62. The van der Waals surface area contributed by atoms with Crippen LogP contribution in [0.2, 0.25) is 0 Å². The molecule has 5 nitrogen and oxygen atoms in total. The molecule has 1 aliphatic rings. The Morgan fingerprint density at radius 3 is 3.00 bits per heavy atom. The minimum atomic E-state index is -0.651. The first-order chi connectivity index (χ1) is 12.2. The molecule has 0 unspecified atom stereocenters. The molecule has 4 N–H and O–H groups in total. The van der Waals surface area contributed by atoms with Crippen molar-refractivity contribution in [1.82, 2.24) is 10.6 Å². The Morgan fingerprint density at radius 2 is 2.24 bits per heavy atom. The van der Waals surface area contributed by atoms with Gasteiger partial charge in [-0.3, -0.25) is 4.79 Å². The van der Waals surface area contributed by atoms with E-state index >= 15 is 0 Å². The van der Waals surface area contributed by atoms with Crippen LogP contribution >= 0.6 is 0 Å². The number of benzene rings is 1. The molecule has 1 atom stereocenters. The normalized spacial score (nSPS) is 15.4. The van der Waals surface area contributed by atoms with E-state index in [1.807, 2.05) is 24.3 Å². The van der Waals surface area contributed by atoms with Gasteiger partial charge in [0.1, 0.15) is 11.9 Å². The smallest absolute Gasteiger partial charge is 0.237 e. The molecule has 1 heterocycles. The molecule has 1 aromatic carbocycles. The van der Waals surface area contributed by atoms with Crippen LogP contribution in [0.3, 0.4) is 0 Å². The highest BCUT2D eigenvalue weighted by atomic mass is 16.5. The first-order valence-electron chi connectivity index (χ1n) is 8.62. The Labute approximate surface area is 149 Å². The van der Waals surface area contributed by atoms with Gasteiger partial charge in [0.25, 0.3) is 0 Å². The predicted octanol–water partition coefficient (Wildman–Crippen LogP) is 1.03. The van der Waals surface area contributed by atoms with Crippen molar-refractivity contribution in [2.75, 3.05) is 19.6 Å². The summed E-state index contributed by atoms with van der Waals surface area (Å²) in [6.45, 7) is 2.46. The van der Waals surface area contributed by atoms with Crippen molar-refractivity contribution in [1.29, 1.82) is 0 Å². The summed E-state index contributed by atoms with van der Waals surface area (Å²) >= 11 is 0. The lowest BCUT2D eigenvalue weighted by Gasteiger charge is -2.23. The van der Waals surface area contributed by atoms with Gasteiger partial charge in [-0.2, -0.15) is 0 Å². The number of carbonyl (C=O) groups excluding carboxylic acids is 1. The fourth-order valence-corrected chi connectivity index (χ4v) is 2.52. The number of carbonyl (C=O) groups is 1. The number of rotatable bonds is 6. The van der Waals surface area contributed by atoms with Gasteiger partial charge in [0.15, 0.2) is 0 Å². The summed E-state index contributed by atoms with van der Waals surface area (Å²) in [7, 11) is 0. The number of nitrogens with two attached hydrogens (primary N) is 1. The van der Waals surface area contributed by atoms with Crippen LogP contribution < -0.4 is 21.1 Å². The van der Waals surface area contributed by atoms with Crippen molar-refractivity contribution in [2.24, 2.45) is 5.73 Å². The zero-order valence-corrected chi connectivity index (χ0v) is 14.4. The van der Waals surface area contributed by atoms with Crippen LogP contribution in [-0.2, 0) is 4.79 Å². The van der Waals surface area contributed by atoms with E-state index < -0.39 is 6.04 Å². The van der Waals surface area contributed by atoms with Gasteiger partial charge in [0.2, 0.25) is 5.91 Å². The molecule has 1 saturated heterocycles. The van der Waals surface area contributed by atoms with E-state index in [-0.39, 0.29) is 18.4 Å². The number of amides is 1. The lowest BCUT2D eigenvalue weighted by Crippen LogP contribution is -2.40. The second-order valence-electron chi connectivity index (χ2n) is 5.95. The van der Waals surface area contributed by atoms with Crippen molar-refractivity contribution in [3.63, 3.8) is 0 Å². The van der Waals surface area contributed by atoms with Crippen LogP contribution in [0, 0.1) is 24.2 Å². The largest absolute Gasteiger partial charge is 0.490 e. The van der Waals surface area contributed by atoms with Gasteiger partial charge < -0.3 is 21.1 Å². The van der Waals surface area contributed by atoms with Gasteiger partial charge in [-0.25, -0.2) is 0 Å². The van der Waals surface area contributed by atoms with Gasteiger partial charge in [0.05, 0.1) is 6.04 Å². The molecule has 1 amide bonds. The summed E-state index contributed by atoms with van der Waals surface area (Å²) in [6.07, 6.45) is 8.24. The Hall–Kier alpha value is -2.47. The maximum Gasteiger partial charge on any atom is 0.237 e. The van der Waals surface area contributed by atoms with Crippen LogP contribution in [0.4, 0.5) is 0 Å². The lowest BCUT2D eigenvalue weighted by molar-refractivity contribution is -0.122. The van der Waals surface area contributed by atoms with Gasteiger partial charge in [0, 0.05) is 24.9 Å². The summed E-state index contributed by atoms with van der Waals surface area (Å²) in [4.78, 5) is 11.6. The van der Waals surface area contributed by atoms with E-state index in [0.29, 0.717) is 13.0 Å². The molecule has 1 fully saturated rings. The monoisotopic (exact) mass is 339 g/mol. The standard InChI is InChI=1S/C20H25N3O2/c1-2-6-19(21)20(24)23-12-4-3-7-16-8-5-9-18(15-16)25-17-10-13-22-14-11-17/h1,5,8-9,15,17,19,22H,4,6,10-14,21H2,(H,23,24)/t19-/m0/s1. The van der Waals surface area contributed by atoms with Crippen LogP contribution in [0.15, 0.2) is 24.3 Å². The first kappa shape index (κ1) is 18.9. The summed E-state index contributed by atoms with van der Waals surface area (Å²) in [6, 6.07) is 7.16. The minimum absolute atomic E-state index is 0.237. The maximum absolute atomic E-state index is 11.6. The highest BCUT2D eigenvalue weighted by Gasteiger charge is 2.14. The molecule has 2 rings (SSSR count). The van der Waals surface area contributed by atoms with E-state index in [1.54, 1.807) is 0 Å². The Kier molecular flexibility index (Phi) is 7.85. The summed E-state index contributed by atoms with van der Waals surface area (Å²) < 4.78 is 6.01. The second-order valence-corrected chi connectivity index (χ2v) is 5.95. The first-order valence-corrected chi connectivity index (χ1v) is 8.62. The van der Waals surface area contributed by atoms with Crippen molar-refractivity contribution < 1.29 is 9.53 Å². The van der Waals surface area contributed by atoms with E-state index in [2.05, 4.69) is 28.4 Å². The Morgan fingerprint density at radius 1 is 1.44 bits per heavy atom. The van der Waals surface area contributed by atoms with Crippen LogP contribution in [0.5, 0.6) is 5.75 Å². The molecule has 1 aliphatic heterocycles. The van der Waals surface area contributed by atoms with Crippen LogP contribution in [0.25, 0.3) is 0 Å². The highest BCUT2D eigenvalue weighted by molar-refractivity contribution is 5.81. The van der Waals surface area contributed by atoms with E-state index in [0.717, 1.165) is 37.2 Å². The fourth-order valence-electron chi connectivity index (χ4n) is 2.52. The molecule has 0 spiro atoms. The van der Waals surface area contributed by atoms with Crippen molar-refractivity contribution in [3.8, 4) is 29.9 Å². The number of piperidine rings is 1. The number of hydrogen-bond donors (Lipinski definition) is 3. The van der Waals surface area contributed by atoms with Crippen LogP contribution in [-0.4, -0.2) is 37.7 Å². The van der Waals surface area contributed by atoms with Crippen molar-refractivity contribution >= 4 is 5.91 Å². The molecule has 0 aromatic heterocycles. The number of nitrogens with one attached hydrogen (secondary N) is 2. The van der Waals surface area contributed by atoms with Gasteiger partial charge in [-0.15, -0.1) is 12.3 Å². The summed E-state index contributed by atoms with van der Waals surface area (Å²) in [5.74, 6) is 9.13. The van der Waals surface area contributed by atoms with Gasteiger partial charge >= 0.3 is 0 Å². The topological polar surface area (TPSA) is 76.4 Å². The minimum Gasteiger partial charge on any atom is -0.490 e. The quantitative estimate of drug-likeness (QED) is 0.534. The highest BCUT2D eigenvalue weighted by Crippen LogP contribution is 2.17. The molecular weight excluding hydrogens is 314 g/mol. The predicted molar refractivity (Wildman–Crippen MR) is 98.9 cm³/mol. The molecule has 1 aromatic rings. The molecule has 5 heteroatoms. The van der Waals surface area contributed by atoms with Crippen molar-refractivity contribution in [3.05, 3.63) is 29.8 Å². The van der Waals surface area contributed by atoms with Crippen LogP contribution in [0.1, 0.15) is 31.2 Å². The third-order valence-corrected chi connectivity index (χ3v) is 3.88. The van der Waals surface area contributed by atoms with E-state index in [4.69, 9.17) is 16.9 Å². The van der Waals surface area contributed by atoms with Gasteiger partial charge in [-0.1, -0.05) is 17.9 Å². The third kappa shape index (κ3) is 6.89. The molecule has 25 heavy (non-hydrogen) atoms. The van der Waals surface area contributed by atoms with E-state index in [9.17, 15) is 4.79 Å². The molecule has 0 saturated carbocycles. The molecule has 0 radical (unpaired) electrons. The maximum atomic E-state index is 11.6. The zero-order valence-electron chi connectivity index (χ0n) is 14.4. The molecular formula is C20H25N3O2. The zero-order chi connectivity index (χ0) is 17.9.